The molecule has 4 nitrogen and oxygen atoms in total. The molecule has 0 atom stereocenters. The van der Waals surface area contributed by atoms with E-state index in [9.17, 15) is 0 Å². The fraction of sp³-hybridized carbons (Fsp3) is 0. The van der Waals surface area contributed by atoms with E-state index < -0.39 is 0 Å². The molecule has 11 rings (SSSR count). The first-order valence-corrected chi connectivity index (χ1v) is 18.0. The molecule has 0 N–H and O–H groups in total. The van der Waals surface area contributed by atoms with Crippen molar-refractivity contribution in [1.82, 2.24) is 19.5 Å². The molecule has 2 heterocycles. The van der Waals surface area contributed by atoms with Crippen molar-refractivity contribution in [3.63, 3.8) is 0 Å². The van der Waals surface area contributed by atoms with E-state index in [0.29, 0.717) is 17.6 Å². The van der Waals surface area contributed by atoms with Gasteiger partial charge in [0.1, 0.15) is 0 Å². The molecule has 53 heavy (non-hydrogen) atoms. The van der Waals surface area contributed by atoms with Crippen molar-refractivity contribution in [3.8, 4) is 39.9 Å². The minimum absolute atomic E-state index is 0.589. The van der Waals surface area contributed by atoms with Crippen molar-refractivity contribution >= 4 is 64.9 Å². The molecular formula is C49H30N4. The number of benzene rings is 9. The summed E-state index contributed by atoms with van der Waals surface area (Å²) in [4.78, 5) is 15.5. The van der Waals surface area contributed by atoms with Crippen LogP contribution >= 0.6 is 0 Å². The van der Waals surface area contributed by atoms with Gasteiger partial charge in [0.25, 0.3) is 0 Å². The zero-order chi connectivity index (χ0) is 34.9. The highest BCUT2D eigenvalue weighted by Gasteiger charge is 2.19. The average molecular weight is 675 g/mol. The van der Waals surface area contributed by atoms with Crippen LogP contribution < -0.4 is 0 Å². The maximum Gasteiger partial charge on any atom is 0.238 e. The van der Waals surface area contributed by atoms with Crippen LogP contribution in [0.15, 0.2) is 182 Å². The van der Waals surface area contributed by atoms with Gasteiger partial charge in [-0.15, -0.1) is 0 Å². The van der Waals surface area contributed by atoms with Crippen molar-refractivity contribution in [2.24, 2.45) is 0 Å². The summed E-state index contributed by atoms with van der Waals surface area (Å²) in [6, 6.07) is 64.5. The molecule has 0 aliphatic heterocycles. The van der Waals surface area contributed by atoms with Crippen molar-refractivity contribution in [1.29, 1.82) is 0 Å². The number of para-hydroxylation sites is 2. The Hall–Kier alpha value is -7.17. The van der Waals surface area contributed by atoms with Crippen LogP contribution in [0.3, 0.4) is 0 Å². The zero-order valence-electron chi connectivity index (χ0n) is 28.6. The zero-order valence-corrected chi connectivity index (χ0v) is 28.6. The Kier molecular flexibility index (Phi) is 6.52. The Balaban J connectivity index is 1.17. The average Bonchev–Trinajstić information content (AvgIpc) is 3.58. The molecule has 0 fully saturated rings. The molecule has 11 aromatic rings. The molecule has 0 saturated heterocycles. The van der Waals surface area contributed by atoms with Gasteiger partial charge in [-0.3, -0.25) is 4.57 Å². The van der Waals surface area contributed by atoms with Gasteiger partial charge in [0, 0.05) is 21.9 Å². The van der Waals surface area contributed by atoms with Crippen LogP contribution in [0.25, 0.3) is 105 Å². The van der Waals surface area contributed by atoms with Gasteiger partial charge in [-0.1, -0.05) is 158 Å². The van der Waals surface area contributed by atoms with Gasteiger partial charge < -0.3 is 0 Å². The molecule has 0 radical (unpaired) electrons. The fourth-order valence-electron chi connectivity index (χ4n) is 8.28. The van der Waals surface area contributed by atoms with Gasteiger partial charge in [-0.05, 0) is 78.5 Å². The van der Waals surface area contributed by atoms with E-state index in [2.05, 4.69) is 168 Å². The van der Waals surface area contributed by atoms with Crippen LogP contribution in [0, 0.1) is 0 Å². The van der Waals surface area contributed by atoms with Gasteiger partial charge in [-0.25, -0.2) is 4.98 Å². The second kappa shape index (κ2) is 11.7. The quantitative estimate of drug-likeness (QED) is 0.175. The van der Waals surface area contributed by atoms with E-state index >= 15 is 0 Å². The number of aromatic nitrogens is 4. The highest BCUT2D eigenvalue weighted by atomic mass is 15.2. The third-order valence-electron chi connectivity index (χ3n) is 10.6. The molecule has 0 amide bonds. The highest BCUT2D eigenvalue weighted by molar-refractivity contribution is 6.33. The molecule has 2 aromatic heterocycles. The lowest BCUT2D eigenvalue weighted by Crippen LogP contribution is -2.06. The Labute approximate surface area is 305 Å². The normalized spacial score (nSPS) is 11.8. The van der Waals surface area contributed by atoms with Crippen LogP contribution in [0.2, 0.25) is 0 Å². The smallest absolute Gasteiger partial charge is 0.238 e. The second-order valence-corrected chi connectivity index (χ2v) is 13.6. The van der Waals surface area contributed by atoms with Gasteiger partial charge in [-0.2, -0.15) is 9.97 Å². The van der Waals surface area contributed by atoms with Gasteiger partial charge in [0.15, 0.2) is 11.6 Å². The Morgan fingerprint density at radius 3 is 1.42 bits per heavy atom. The minimum Gasteiger partial charge on any atom is -0.278 e. The Morgan fingerprint density at radius 2 is 0.755 bits per heavy atom. The lowest BCUT2D eigenvalue weighted by atomic mass is 9.87. The van der Waals surface area contributed by atoms with E-state index in [-0.39, 0.29) is 0 Å². The maximum absolute atomic E-state index is 5.23. The highest BCUT2D eigenvalue weighted by Crippen LogP contribution is 2.43. The monoisotopic (exact) mass is 674 g/mol. The van der Waals surface area contributed by atoms with E-state index in [1.54, 1.807) is 0 Å². The molecule has 0 saturated carbocycles. The summed E-state index contributed by atoms with van der Waals surface area (Å²) in [6.45, 7) is 0. The Bertz CT molecular complexity index is 3180. The molecular weight excluding hydrogens is 645 g/mol. The van der Waals surface area contributed by atoms with Crippen LogP contribution in [0.1, 0.15) is 0 Å². The standard InChI is InChI=1S/C49H30N4/c1-2-15-31(16-3-1)47-50-48(52-49(51-47)53-44-27-12-10-23-38(44)39-24-11-13-28-45(39)53)33-18-14-17-32(29-33)42-30-43-36-21-5-4-19-34(36)35-20-6-8-25-40(35)46(43)41-26-9-7-22-37(41)42/h1-30H. The largest absolute Gasteiger partial charge is 0.278 e. The second-order valence-electron chi connectivity index (χ2n) is 13.6. The lowest BCUT2D eigenvalue weighted by Gasteiger charge is -2.16. The first-order valence-electron chi connectivity index (χ1n) is 18.0. The number of hydrogen-bond acceptors (Lipinski definition) is 3. The van der Waals surface area contributed by atoms with E-state index in [1.807, 2.05) is 18.2 Å². The number of fused-ring (bicyclic) bond motifs is 11. The first kappa shape index (κ1) is 29.5. The van der Waals surface area contributed by atoms with Gasteiger partial charge in [0.05, 0.1) is 11.0 Å². The first-order chi connectivity index (χ1) is 26.3. The summed E-state index contributed by atoms with van der Waals surface area (Å²) in [7, 11) is 0. The molecule has 0 unspecified atom stereocenters. The molecule has 0 aliphatic carbocycles. The summed E-state index contributed by atoms with van der Waals surface area (Å²) in [6.07, 6.45) is 0. The van der Waals surface area contributed by atoms with Crippen molar-refractivity contribution in [2.75, 3.05) is 0 Å². The third-order valence-corrected chi connectivity index (χ3v) is 10.6. The number of nitrogens with zero attached hydrogens (tertiary/aromatic N) is 4. The molecule has 9 aromatic carbocycles. The fourth-order valence-corrected chi connectivity index (χ4v) is 8.28. The maximum atomic E-state index is 5.23. The minimum atomic E-state index is 0.589. The Morgan fingerprint density at radius 1 is 0.302 bits per heavy atom. The summed E-state index contributed by atoms with van der Waals surface area (Å²) < 4.78 is 2.17. The lowest BCUT2D eigenvalue weighted by molar-refractivity contribution is 0.953. The molecule has 0 bridgehead atoms. The molecule has 0 spiro atoms. The predicted molar refractivity (Wildman–Crippen MR) is 220 cm³/mol. The van der Waals surface area contributed by atoms with Gasteiger partial charge in [0.2, 0.25) is 5.95 Å². The van der Waals surface area contributed by atoms with E-state index in [0.717, 1.165) is 38.5 Å². The summed E-state index contributed by atoms with van der Waals surface area (Å²) >= 11 is 0. The molecule has 246 valence electrons. The molecule has 0 aliphatic rings. The summed E-state index contributed by atoms with van der Waals surface area (Å²) in [5.41, 5.74) is 6.26. The van der Waals surface area contributed by atoms with Crippen molar-refractivity contribution in [2.45, 2.75) is 0 Å². The summed E-state index contributed by atoms with van der Waals surface area (Å²) in [5.74, 6) is 1.85. The van der Waals surface area contributed by atoms with Crippen LogP contribution in [-0.2, 0) is 0 Å². The van der Waals surface area contributed by atoms with Crippen molar-refractivity contribution < 1.29 is 0 Å². The number of rotatable bonds is 4. The third kappa shape index (κ3) is 4.59. The summed E-state index contributed by atoms with van der Waals surface area (Å²) in [5, 5.41) is 12.4. The van der Waals surface area contributed by atoms with Crippen LogP contribution in [0.4, 0.5) is 0 Å². The van der Waals surface area contributed by atoms with Crippen molar-refractivity contribution in [3.05, 3.63) is 182 Å². The molecule has 4 heteroatoms. The van der Waals surface area contributed by atoms with Crippen LogP contribution in [0.5, 0.6) is 0 Å². The van der Waals surface area contributed by atoms with E-state index in [4.69, 9.17) is 15.0 Å². The van der Waals surface area contributed by atoms with Crippen LogP contribution in [-0.4, -0.2) is 19.5 Å². The van der Waals surface area contributed by atoms with E-state index in [1.165, 1.54) is 48.7 Å². The predicted octanol–water partition coefficient (Wildman–Crippen LogP) is 12.6. The number of hydrogen-bond donors (Lipinski definition) is 0. The topological polar surface area (TPSA) is 43.6 Å². The van der Waals surface area contributed by atoms with Gasteiger partial charge >= 0.3 is 0 Å². The SMILES string of the molecule is c1ccc(-c2nc(-c3cccc(-c4cc5c6ccccc6c6ccccc6c5c5ccccc45)c3)nc(-n3c4ccccc4c4ccccc43)n2)cc1.